The molecule has 9 heteroatoms. The molecule has 1 atom stereocenters. The first kappa shape index (κ1) is 22.1. The zero-order valence-corrected chi connectivity index (χ0v) is 19.0. The number of likely N-dealkylation sites (N-methyl/N-ethyl adjacent to an activating group) is 1. The molecule has 0 radical (unpaired) electrons. The van der Waals surface area contributed by atoms with Gasteiger partial charge in [0, 0.05) is 23.7 Å². The number of rotatable bonds is 4. The molecule has 2 aliphatic rings. The first-order valence-corrected chi connectivity index (χ1v) is 10.7. The standard InChI is InChI=1S/C23H25ClN4O4/c1-26(2)13-21(29)27-8-9-28-19(12-27)22(30)25-18-6-4-14(10-17(18)23(28)31)16-11-15(24)5-7-20(16)32-3/h4-7,10-11,19H,8-9,12-13H2,1-3H3,(H,25,30). The maximum atomic E-state index is 13.4. The van der Waals surface area contributed by atoms with Crippen molar-refractivity contribution in [1.29, 1.82) is 0 Å². The molecule has 4 rings (SSSR count). The highest BCUT2D eigenvalue weighted by Crippen LogP contribution is 2.36. The topological polar surface area (TPSA) is 82.2 Å². The Bertz CT molecular complexity index is 1090. The third kappa shape index (κ3) is 4.16. The molecule has 8 nitrogen and oxygen atoms in total. The molecular weight excluding hydrogens is 432 g/mol. The predicted molar refractivity (Wildman–Crippen MR) is 122 cm³/mol. The van der Waals surface area contributed by atoms with Crippen molar-refractivity contribution >= 4 is 35.0 Å². The number of carbonyl (C=O) groups excluding carboxylic acids is 3. The Kier molecular flexibility index (Phi) is 6.08. The van der Waals surface area contributed by atoms with Crippen LogP contribution in [0.5, 0.6) is 5.75 Å². The Balaban J connectivity index is 1.66. The number of hydrogen-bond acceptors (Lipinski definition) is 5. The van der Waals surface area contributed by atoms with Crippen LogP contribution in [0.4, 0.5) is 5.69 Å². The second-order valence-electron chi connectivity index (χ2n) is 8.19. The van der Waals surface area contributed by atoms with E-state index in [1.807, 2.05) is 20.2 Å². The van der Waals surface area contributed by atoms with Gasteiger partial charge in [0.25, 0.3) is 5.91 Å². The molecule has 0 aliphatic carbocycles. The van der Waals surface area contributed by atoms with Gasteiger partial charge in [0.1, 0.15) is 11.8 Å². The molecule has 1 N–H and O–H groups in total. The van der Waals surface area contributed by atoms with E-state index >= 15 is 0 Å². The summed E-state index contributed by atoms with van der Waals surface area (Å²) < 4.78 is 5.45. The maximum Gasteiger partial charge on any atom is 0.256 e. The highest BCUT2D eigenvalue weighted by atomic mass is 35.5. The average Bonchev–Trinajstić information content (AvgIpc) is 2.87. The van der Waals surface area contributed by atoms with Gasteiger partial charge in [0.2, 0.25) is 11.8 Å². The largest absolute Gasteiger partial charge is 0.496 e. The van der Waals surface area contributed by atoms with Crippen LogP contribution < -0.4 is 10.1 Å². The molecular formula is C23H25ClN4O4. The van der Waals surface area contributed by atoms with Crippen molar-refractivity contribution in [1.82, 2.24) is 14.7 Å². The van der Waals surface area contributed by atoms with Gasteiger partial charge in [-0.25, -0.2) is 0 Å². The molecule has 2 aliphatic heterocycles. The number of methoxy groups -OCH3 is 1. The summed E-state index contributed by atoms with van der Waals surface area (Å²) in [7, 11) is 5.21. The van der Waals surface area contributed by atoms with E-state index in [-0.39, 0.29) is 30.8 Å². The van der Waals surface area contributed by atoms with Crippen molar-refractivity contribution in [3.63, 3.8) is 0 Å². The summed E-state index contributed by atoms with van der Waals surface area (Å²) in [6.45, 7) is 1.11. The number of anilines is 1. The molecule has 0 aromatic heterocycles. The summed E-state index contributed by atoms with van der Waals surface area (Å²) in [5.41, 5.74) is 2.35. The Hall–Kier alpha value is -3.10. The van der Waals surface area contributed by atoms with E-state index < -0.39 is 6.04 Å². The number of hydrogen-bond donors (Lipinski definition) is 1. The summed E-state index contributed by atoms with van der Waals surface area (Å²) in [5, 5.41) is 3.41. The van der Waals surface area contributed by atoms with Crippen LogP contribution in [0.3, 0.4) is 0 Å². The number of halogens is 1. The Morgan fingerprint density at radius 1 is 1.16 bits per heavy atom. The summed E-state index contributed by atoms with van der Waals surface area (Å²) in [6, 6.07) is 9.83. The van der Waals surface area contributed by atoms with Crippen LogP contribution >= 0.6 is 11.6 Å². The van der Waals surface area contributed by atoms with Crippen molar-refractivity contribution in [2.24, 2.45) is 0 Å². The lowest BCUT2D eigenvalue weighted by atomic mass is 10.00. The predicted octanol–water partition coefficient (Wildman–Crippen LogP) is 2.18. The van der Waals surface area contributed by atoms with Crippen molar-refractivity contribution in [3.05, 3.63) is 47.0 Å². The zero-order chi connectivity index (χ0) is 23.0. The fourth-order valence-corrected chi connectivity index (χ4v) is 4.29. The monoisotopic (exact) mass is 456 g/mol. The minimum Gasteiger partial charge on any atom is -0.496 e. The molecule has 2 aromatic rings. The molecule has 168 valence electrons. The maximum absolute atomic E-state index is 13.4. The van der Waals surface area contributed by atoms with Crippen LogP contribution in [0, 0.1) is 0 Å². The molecule has 32 heavy (non-hydrogen) atoms. The first-order chi connectivity index (χ1) is 15.3. The average molecular weight is 457 g/mol. The number of nitrogens with zero attached hydrogens (tertiary/aromatic N) is 3. The van der Waals surface area contributed by atoms with Crippen molar-refractivity contribution < 1.29 is 19.1 Å². The van der Waals surface area contributed by atoms with Crippen molar-refractivity contribution in [2.75, 3.05) is 52.7 Å². The third-order valence-electron chi connectivity index (χ3n) is 5.73. The molecule has 1 unspecified atom stereocenters. The van der Waals surface area contributed by atoms with E-state index in [0.29, 0.717) is 35.1 Å². The number of benzene rings is 2. The number of fused-ring (bicyclic) bond motifs is 2. The Morgan fingerprint density at radius 3 is 2.66 bits per heavy atom. The lowest BCUT2D eigenvalue weighted by Crippen LogP contribution is -2.60. The Morgan fingerprint density at radius 2 is 1.94 bits per heavy atom. The number of ether oxygens (including phenoxy) is 1. The summed E-state index contributed by atoms with van der Waals surface area (Å²) in [4.78, 5) is 43.9. The minimum absolute atomic E-state index is 0.0630. The van der Waals surface area contributed by atoms with Gasteiger partial charge >= 0.3 is 0 Å². The van der Waals surface area contributed by atoms with Gasteiger partial charge < -0.3 is 24.8 Å². The van der Waals surface area contributed by atoms with E-state index in [1.54, 1.807) is 52.1 Å². The summed E-state index contributed by atoms with van der Waals surface area (Å²) >= 11 is 6.18. The zero-order valence-electron chi connectivity index (χ0n) is 18.2. The Labute approximate surface area is 191 Å². The number of carbonyl (C=O) groups is 3. The fourth-order valence-electron chi connectivity index (χ4n) is 4.12. The van der Waals surface area contributed by atoms with E-state index in [4.69, 9.17) is 16.3 Å². The lowest BCUT2D eigenvalue weighted by molar-refractivity contribution is -0.136. The molecule has 0 spiro atoms. The van der Waals surface area contributed by atoms with Gasteiger partial charge in [-0.05, 0) is 50.0 Å². The fraction of sp³-hybridized carbons (Fsp3) is 0.348. The van der Waals surface area contributed by atoms with Gasteiger partial charge in [-0.3, -0.25) is 14.4 Å². The smallest absolute Gasteiger partial charge is 0.256 e. The highest BCUT2D eigenvalue weighted by molar-refractivity contribution is 6.31. The second-order valence-corrected chi connectivity index (χ2v) is 8.62. The summed E-state index contributed by atoms with van der Waals surface area (Å²) in [6.07, 6.45) is 0. The second kappa shape index (κ2) is 8.80. The highest BCUT2D eigenvalue weighted by Gasteiger charge is 2.40. The molecule has 2 aromatic carbocycles. The first-order valence-electron chi connectivity index (χ1n) is 10.3. The van der Waals surface area contributed by atoms with E-state index in [9.17, 15) is 14.4 Å². The third-order valence-corrected chi connectivity index (χ3v) is 5.96. The molecule has 1 fully saturated rings. The van der Waals surface area contributed by atoms with E-state index in [0.717, 1.165) is 11.1 Å². The van der Waals surface area contributed by atoms with Crippen LogP contribution in [-0.2, 0) is 9.59 Å². The molecule has 0 saturated carbocycles. The van der Waals surface area contributed by atoms with Gasteiger partial charge in [-0.15, -0.1) is 0 Å². The van der Waals surface area contributed by atoms with E-state index in [1.165, 1.54) is 0 Å². The number of nitrogens with one attached hydrogen (secondary N) is 1. The summed E-state index contributed by atoms with van der Waals surface area (Å²) in [5.74, 6) is 0.0239. The van der Waals surface area contributed by atoms with Crippen LogP contribution in [0.2, 0.25) is 5.02 Å². The number of amides is 3. The van der Waals surface area contributed by atoms with Gasteiger partial charge in [0.15, 0.2) is 0 Å². The van der Waals surface area contributed by atoms with Crippen LogP contribution in [0.15, 0.2) is 36.4 Å². The minimum atomic E-state index is -0.737. The SMILES string of the molecule is COc1ccc(Cl)cc1-c1ccc2c(c1)C(=O)N1CCN(C(=O)CN(C)C)CC1C(=O)N2. The van der Waals surface area contributed by atoms with Gasteiger partial charge in [-0.1, -0.05) is 17.7 Å². The molecule has 1 saturated heterocycles. The van der Waals surface area contributed by atoms with Crippen molar-refractivity contribution in [3.8, 4) is 16.9 Å². The van der Waals surface area contributed by atoms with Crippen molar-refractivity contribution in [2.45, 2.75) is 6.04 Å². The van der Waals surface area contributed by atoms with Gasteiger partial charge in [-0.2, -0.15) is 0 Å². The molecule has 2 heterocycles. The van der Waals surface area contributed by atoms with E-state index in [2.05, 4.69) is 5.32 Å². The number of piperazine rings is 1. The van der Waals surface area contributed by atoms with Crippen LogP contribution in [0.1, 0.15) is 10.4 Å². The lowest BCUT2D eigenvalue weighted by Gasteiger charge is -2.39. The van der Waals surface area contributed by atoms with Crippen LogP contribution in [-0.4, -0.2) is 85.8 Å². The van der Waals surface area contributed by atoms with Crippen LogP contribution in [0.25, 0.3) is 11.1 Å². The molecule has 0 bridgehead atoms. The molecule has 3 amide bonds. The van der Waals surface area contributed by atoms with Gasteiger partial charge in [0.05, 0.1) is 31.5 Å². The normalized spacial score (nSPS) is 18.1. The quantitative estimate of drug-likeness (QED) is 0.762.